The van der Waals surface area contributed by atoms with Crippen molar-refractivity contribution in [1.82, 2.24) is 10.2 Å². The van der Waals surface area contributed by atoms with Crippen LogP contribution in [0.2, 0.25) is 0 Å². The highest BCUT2D eigenvalue weighted by atomic mass is 32.2. The molecule has 1 N–H and O–H groups in total. The van der Waals surface area contributed by atoms with Crippen molar-refractivity contribution in [2.24, 2.45) is 0 Å². The van der Waals surface area contributed by atoms with E-state index >= 15 is 0 Å². The van der Waals surface area contributed by atoms with Gasteiger partial charge in [-0.1, -0.05) is 37.5 Å². The maximum atomic E-state index is 13.8. The van der Waals surface area contributed by atoms with Gasteiger partial charge in [0.15, 0.2) is 0 Å². The summed E-state index contributed by atoms with van der Waals surface area (Å²) in [5, 5.41) is 3.09. The molecule has 2 aromatic rings. The summed E-state index contributed by atoms with van der Waals surface area (Å²) in [6.45, 7) is 3.16. The number of ether oxygens (including phenoxy) is 2. The van der Waals surface area contributed by atoms with Crippen LogP contribution < -0.4 is 19.1 Å². The Morgan fingerprint density at radius 1 is 1.03 bits per heavy atom. The number of methoxy groups -OCH3 is 2. The minimum absolute atomic E-state index is 0.0840. The molecule has 0 aromatic heterocycles. The van der Waals surface area contributed by atoms with Gasteiger partial charge in [-0.3, -0.25) is 13.9 Å². The molecule has 2 amide bonds. The van der Waals surface area contributed by atoms with Crippen molar-refractivity contribution in [2.45, 2.75) is 64.6 Å². The van der Waals surface area contributed by atoms with Crippen molar-refractivity contribution in [3.63, 3.8) is 0 Å². The highest BCUT2D eigenvalue weighted by Crippen LogP contribution is 2.31. The number of anilines is 1. The van der Waals surface area contributed by atoms with Gasteiger partial charge in [-0.2, -0.15) is 0 Å². The van der Waals surface area contributed by atoms with E-state index in [1.807, 2.05) is 19.1 Å². The first-order chi connectivity index (χ1) is 18.0. The predicted molar refractivity (Wildman–Crippen MR) is 148 cm³/mol. The highest BCUT2D eigenvalue weighted by Gasteiger charge is 2.32. The number of hydrogen-bond acceptors (Lipinski definition) is 6. The van der Waals surface area contributed by atoms with Gasteiger partial charge in [0, 0.05) is 12.6 Å². The van der Waals surface area contributed by atoms with Crippen LogP contribution in [0.3, 0.4) is 0 Å². The van der Waals surface area contributed by atoms with Crippen molar-refractivity contribution in [2.75, 3.05) is 31.3 Å². The zero-order chi connectivity index (χ0) is 27.9. The second kappa shape index (κ2) is 13.0. The first kappa shape index (κ1) is 29.3. The quantitative estimate of drug-likeness (QED) is 0.462. The SMILES string of the molecule is COc1ccc(CN(C(=O)CN(c2cc(C)ccc2OC)S(C)(=O)=O)C(C)C(=O)NC2CCCCC2)cc1. The third kappa shape index (κ3) is 7.63. The van der Waals surface area contributed by atoms with E-state index in [4.69, 9.17) is 9.47 Å². The molecular weight excluding hydrogens is 506 g/mol. The van der Waals surface area contributed by atoms with E-state index in [2.05, 4.69) is 5.32 Å². The molecule has 0 spiro atoms. The van der Waals surface area contributed by atoms with E-state index < -0.39 is 28.5 Å². The molecule has 9 nitrogen and oxygen atoms in total. The Hall–Kier alpha value is -3.27. The molecule has 1 aliphatic rings. The molecule has 1 fully saturated rings. The highest BCUT2D eigenvalue weighted by molar-refractivity contribution is 7.92. The fourth-order valence-corrected chi connectivity index (χ4v) is 5.51. The monoisotopic (exact) mass is 545 g/mol. The van der Waals surface area contributed by atoms with E-state index in [0.29, 0.717) is 11.5 Å². The van der Waals surface area contributed by atoms with Crippen LogP contribution in [0.5, 0.6) is 11.5 Å². The molecule has 2 aromatic carbocycles. The molecule has 1 atom stereocenters. The molecule has 0 heterocycles. The second-order valence-electron chi connectivity index (χ2n) is 9.83. The van der Waals surface area contributed by atoms with Crippen LogP contribution in [0.15, 0.2) is 42.5 Å². The number of carbonyl (C=O) groups excluding carboxylic acids is 2. The molecule has 0 bridgehead atoms. The summed E-state index contributed by atoms with van der Waals surface area (Å²) in [5.74, 6) is 0.252. The average Bonchev–Trinajstić information content (AvgIpc) is 2.90. The summed E-state index contributed by atoms with van der Waals surface area (Å²) in [4.78, 5) is 28.5. The molecule has 0 saturated heterocycles. The molecule has 1 aliphatic carbocycles. The van der Waals surface area contributed by atoms with Crippen molar-refractivity contribution >= 4 is 27.5 Å². The Balaban J connectivity index is 1.92. The number of nitrogens with one attached hydrogen (secondary N) is 1. The third-order valence-electron chi connectivity index (χ3n) is 6.91. The van der Waals surface area contributed by atoms with Crippen molar-refractivity contribution in [3.05, 3.63) is 53.6 Å². The van der Waals surface area contributed by atoms with Crippen LogP contribution in [0.1, 0.15) is 50.2 Å². The molecule has 3 rings (SSSR count). The van der Waals surface area contributed by atoms with Gasteiger partial charge in [-0.25, -0.2) is 8.42 Å². The number of rotatable bonds is 11. The van der Waals surface area contributed by atoms with Gasteiger partial charge >= 0.3 is 0 Å². The zero-order valence-corrected chi connectivity index (χ0v) is 23.7. The fraction of sp³-hybridized carbons (Fsp3) is 0.500. The van der Waals surface area contributed by atoms with Crippen LogP contribution in [0.4, 0.5) is 5.69 Å². The van der Waals surface area contributed by atoms with E-state index in [1.165, 1.54) is 12.0 Å². The smallest absolute Gasteiger partial charge is 0.244 e. The summed E-state index contributed by atoms with van der Waals surface area (Å²) >= 11 is 0. The summed E-state index contributed by atoms with van der Waals surface area (Å²) < 4.78 is 37.4. The summed E-state index contributed by atoms with van der Waals surface area (Å²) in [7, 11) is -0.838. The largest absolute Gasteiger partial charge is 0.497 e. The Kier molecular flexibility index (Phi) is 10.0. The lowest BCUT2D eigenvalue weighted by Gasteiger charge is -2.33. The van der Waals surface area contributed by atoms with E-state index in [9.17, 15) is 18.0 Å². The van der Waals surface area contributed by atoms with Crippen LogP contribution >= 0.6 is 0 Å². The second-order valence-corrected chi connectivity index (χ2v) is 11.7. The van der Waals surface area contributed by atoms with Gasteiger partial charge in [0.1, 0.15) is 24.1 Å². The first-order valence-corrected chi connectivity index (χ1v) is 14.7. The minimum Gasteiger partial charge on any atom is -0.497 e. The lowest BCUT2D eigenvalue weighted by atomic mass is 9.95. The van der Waals surface area contributed by atoms with Gasteiger partial charge in [0.2, 0.25) is 21.8 Å². The van der Waals surface area contributed by atoms with Gasteiger partial charge in [-0.15, -0.1) is 0 Å². The van der Waals surface area contributed by atoms with Crippen molar-refractivity contribution in [1.29, 1.82) is 0 Å². The lowest BCUT2D eigenvalue weighted by Crippen LogP contribution is -2.53. The van der Waals surface area contributed by atoms with Crippen LogP contribution in [0, 0.1) is 6.92 Å². The third-order valence-corrected chi connectivity index (χ3v) is 8.04. The Labute approximate surface area is 226 Å². The van der Waals surface area contributed by atoms with Crippen molar-refractivity contribution < 1.29 is 27.5 Å². The van der Waals surface area contributed by atoms with E-state index in [-0.39, 0.29) is 24.2 Å². The molecule has 208 valence electrons. The standard InChI is InChI=1S/C28H39N3O6S/c1-20-11-16-26(37-4)25(17-20)31(38(5,34)35)19-27(32)30(18-22-12-14-24(36-3)15-13-22)21(2)28(33)29-23-9-7-6-8-10-23/h11-17,21,23H,6-10,18-19H2,1-5H3,(H,29,33). The number of amides is 2. The van der Waals surface area contributed by atoms with Gasteiger partial charge in [-0.05, 0) is 62.1 Å². The lowest BCUT2D eigenvalue weighted by molar-refractivity contribution is -0.139. The molecule has 1 saturated carbocycles. The van der Waals surface area contributed by atoms with E-state index in [1.54, 1.807) is 44.4 Å². The number of benzene rings is 2. The molecule has 1 unspecified atom stereocenters. The number of aryl methyl sites for hydroxylation is 1. The first-order valence-electron chi connectivity index (χ1n) is 12.9. The molecule has 0 radical (unpaired) electrons. The van der Waals surface area contributed by atoms with Gasteiger partial charge in [0.05, 0.1) is 26.2 Å². The number of nitrogens with zero attached hydrogens (tertiary/aromatic N) is 2. The van der Waals surface area contributed by atoms with Crippen LogP contribution in [-0.4, -0.2) is 64.2 Å². The Morgan fingerprint density at radius 3 is 2.26 bits per heavy atom. The van der Waals surface area contributed by atoms with Gasteiger partial charge < -0.3 is 19.7 Å². The Bertz CT molecular complexity index is 1210. The number of carbonyl (C=O) groups is 2. The van der Waals surface area contributed by atoms with Crippen LogP contribution in [0.25, 0.3) is 0 Å². The summed E-state index contributed by atoms with van der Waals surface area (Å²) in [5.41, 5.74) is 1.87. The zero-order valence-electron chi connectivity index (χ0n) is 22.9. The molecular formula is C28H39N3O6S. The Morgan fingerprint density at radius 2 is 1.68 bits per heavy atom. The molecule has 10 heteroatoms. The normalized spacial score (nSPS) is 14.9. The maximum Gasteiger partial charge on any atom is 0.244 e. The number of sulfonamides is 1. The fourth-order valence-electron chi connectivity index (χ4n) is 4.67. The predicted octanol–water partition coefficient (Wildman–Crippen LogP) is 3.64. The molecule has 38 heavy (non-hydrogen) atoms. The summed E-state index contributed by atoms with van der Waals surface area (Å²) in [6.07, 6.45) is 6.17. The summed E-state index contributed by atoms with van der Waals surface area (Å²) in [6, 6.07) is 11.6. The topological polar surface area (TPSA) is 105 Å². The van der Waals surface area contributed by atoms with Crippen LogP contribution in [-0.2, 0) is 26.2 Å². The maximum absolute atomic E-state index is 13.8. The minimum atomic E-state index is -3.86. The number of hydrogen-bond donors (Lipinski definition) is 1. The van der Waals surface area contributed by atoms with Crippen molar-refractivity contribution in [3.8, 4) is 11.5 Å². The average molecular weight is 546 g/mol. The van der Waals surface area contributed by atoms with Gasteiger partial charge in [0.25, 0.3) is 0 Å². The molecule has 0 aliphatic heterocycles. The van der Waals surface area contributed by atoms with E-state index in [0.717, 1.165) is 53.8 Å².